The van der Waals surface area contributed by atoms with Crippen LogP contribution in [-0.2, 0) is 4.74 Å². The van der Waals surface area contributed by atoms with E-state index < -0.39 is 17.7 Å². The van der Waals surface area contributed by atoms with Gasteiger partial charge in [-0.2, -0.15) is 0 Å². The first-order valence-electron chi connectivity index (χ1n) is 11.8. The molecule has 0 aliphatic heterocycles. The number of ether oxygens (including phenoxy) is 1. The molecule has 3 aromatic heterocycles. The van der Waals surface area contributed by atoms with Crippen molar-refractivity contribution in [1.82, 2.24) is 9.38 Å². The van der Waals surface area contributed by atoms with Crippen LogP contribution in [0.2, 0.25) is 5.02 Å². The van der Waals surface area contributed by atoms with Crippen molar-refractivity contribution in [3.05, 3.63) is 100 Å². The third-order valence-electron chi connectivity index (χ3n) is 6.07. The summed E-state index contributed by atoms with van der Waals surface area (Å²) in [5, 5.41) is 0.190. The first-order chi connectivity index (χ1) is 18.3. The Bertz CT molecular complexity index is 1630. The third kappa shape index (κ3) is 4.80. The molecule has 0 bridgehead atoms. The number of carbonyl (C=O) groups is 2. The Morgan fingerprint density at radius 3 is 2.45 bits per heavy atom. The molecule has 0 N–H and O–H groups in total. The van der Waals surface area contributed by atoms with Crippen LogP contribution in [0.3, 0.4) is 0 Å². The van der Waals surface area contributed by atoms with E-state index in [1.165, 1.54) is 35.5 Å². The predicted molar refractivity (Wildman–Crippen MR) is 149 cm³/mol. The second-order valence-corrected chi connectivity index (χ2v) is 10.4. The number of imidazole rings is 1. The van der Waals surface area contributed by atoms with Gasteiger partial charge in [-0.1, -0.05) is 41.9 Å². The van der Waals surface area contributed by atoms with E-state index in [1.807, 2.05) is 59.3 Å². The van der Waals surface area contributed by atoms with Crippen LogP contribution in [0, 0.1) is 5.82 Å². The molecule has 5 rings (SSSR count). The number of anilines is 1. The van der Waals surface area contributed by atoms with Crippen molar-refractivity contribution in [1.29, 1.82) is 0 Å². The number of hydrogen-bond donors (Lipinski definition) is 0. The number of rotatable bonds is 6. The van der Waals surface area contributed by atoms with Gasteiger partial charge in [-0.25, -0.2) is 14.2 Å². The van der Waals surface area contributed by atoms with Gasteiger partial charge in [0.1, 0.15) is 16.3 Å². The number of nitrogens with zero attached hydrogens (tertiary/aromatic N) is 3. The van der Waals surface area contributed by atoms with Crippen molar-refractivity contribution >= 4 is 46.1 Å². The summed E-state index contributed by atoms with van der Waals surface area (Å²) in [7, 11) is 1.29. The molecule has 5 aromatic rings. The molecule has 0 radical (unpaired) electrons. The quantitative estimate of drug-likeness (QED) is 0.208. The van der Waals surface area contributed by atoms with Crippen LogP contribution < -0.4 is 4.90 Å². The Hall–Kier alpha value is -4.01. The van der Waals surface area contributed by atoms with Gasteiger partial charge in [0.2, 0.25) is 0 Å². The lowest BCUT2D eigenvalue weighted by Gasteiger charge is -2.27. The van der Waals surface area contributed by atoms with Crippen molar-refractivity contribution in [2.75, 3.05) is 12.0 Å². The fraction of sp³-hybridized carbons (Fsp3) is 0.138. The molecule has 1 amide bonds. The van der Waals surface area contributed by atoms with Crippen LogP contribution in [0.25, 0.3) is 27.3 Å². The van der Waals surface area contributed by atoms with Gasteiger partial charge in [0.25, 0.3) is 5.91 Å². The van der Waals surface area contributed by atoms with Gasteiger partial charge in [0.15, 0.2) is 0 Å². The van der Waals surface area contributed by atoms with E-state index in [4.69, 9.17) is 16.3 Å². The van der Waals surface area contributed by atoms with Crippen LogP contribution in [0.15, 0.2) is 79.1 Å². The minimum atomic E-state index is -0.731. The summed E-state index contributed by atoms with van der Waals surface area (Å²) in [5.74, 6) is -1.88. The Kier molecular flexibility index (Phi) is 7.01. The maximum atomic E-state index is 14.7. The minimum Gasteiger partial charge on any atom is -0.465 e. The Balaban J connectivity index is 1.53. The van der Waals surface area contributed by atoms with Gasteiger partial charge in [0.05, 0.1) is 24.1 Å². The number of pyridine rings is 1. The highest BCUT2D eigenvalue weighted by atomic mass is 35.5. The normalized spacial score (nSPS) is 11.2. The fourth-order valence-corrected chi connectivity index (χ4v) is 5.47. The molecule has 6 nitrogen and oxygen atoms in total. The molecule has 0 fully saturated rings. The van der Waals surface area contributed by atoms with Crippen LogP contribution in [0.4, 0.5) is 10.1 Å². The van der Waals surface area contributed by atoms with Crippen molar-refractivity contribution in [3.63, 3.8) is 0 Å². The molecule has 0 aliphatic rings. The lowest BCUT2D eigenvalue weighted by atomic mass is 10.1. The van der Waals surface area contributed by atoms with Gasteiger partial charge in [-0.15, -0.1) is 11.3 Å². The number of aromatic nitrogens is 2. The number of amides is 1. The number of carbonyl (C=O) groups excluding carboxylic acids is 2. The molecular weight excluding hydrogens is 525 g/mol. The van der Waals surface area contributed by atoms with E-state index in [0.717, 1.165) is 33.4 Å². The monoisotopic (exact) mass is 547 g/mol. The van der Waals surface area contributed by atoms with E-state index in [9.17, 15) is 14.0 Å². The van der Waals surface area contributed by atoms with E-state index >= 15 is 0 Å². The molecule has 0 atom stereocenters. The highest BCUT2D eigenvalue weighted by Gasteiger charge is 2.30. The number of hydrogen-bond acceptors (Lipinski definition) is 5. The molecule has 192 valence electrons. The highest BCUT2D eigenvalue weighted by Crippen LogP contribution is 2.39. The number of benzene rings is 2. The first kappa shape index (κ1) is 25.6. The SMILES string of the molecule is COC(=O)c1sc(-c2ccc(-c3cn4ccccc4n3)cc2)cc1N(C(=O)c1ccc(Cl)cc1F)C(C)C. The van der Waals surface area contributed by atoms with E-state index in [1.54, 1.807) is 19.9 Å². The molecule has 0 saturated heterocycles. The molecule has 3 heterocycles. The summed E-state index contributed by atoms with van der Waals surface area (Å²) in [6.07, 6.45) is 3.91. The molecule has 0 spiro atoms. The van der Waals surface area contributed by atoms with E-state index in [-0.39, 0.29) is 21.5 Å². The molecular formula is C29H23ClFN3O3S. The van der Waals surface area contributed by atoms with Gasteiger partial charge < -0.3 is 14.0 Å². The van der Waals surface area contributed by atoms with E-state index in [2.05, 4.69) is 4.98 Å². The summed E-state index contributed by atoms with van der Waals surface area (Å²) in [5.41, 5.74) is 3.71. The Morgan fingerprint density at radius 1 is 1.05 bits per heavy atom. The van der Waals surface area contributed by atoms with Crippen LogP contribution >= 0.6 is 22.9 Å². The largest absolute Gasteiger partial charge is 0.465 e. The van der Waals surface area contributed by atoms with Crippen molar-refractivity contribution in [2.24, 2.45) is 0 Å². The maximum Gasteiger partial charge on any atom is 0.350 e. The zero-order valence-electron chi connectivity index (χ0n) is 20.8. The molecule has 0 unspecified atom stereocenters. The third-order valence-corrected chi connectivity index (χ3v) is 7.46. The molecule has 0 saturated carbocycles. The summed E-state index contributed by atoms with van der Waals surface area (Å²) >= 11 is 7.09. The van der Waals surface area contributed by atoms with Gasteiger partial charge in [-0.3, -0.25) is 4.79 Å². The Morgan fingerprint density at radius 2 is 1.79 bits per heavy atom. The van der Waals surface area contributed by atoms with Crippen LogP contribution in [0.1, 0.15) is 33.9 Å². The van der Waals surface area contributed by atoms with Crippen molar-refractivity contribution in [2.45, 2.75) is 19.9 Å². The predicted octanol–water partition coefficient (Wildman–Crippen LogP) is 7.36. The summed E-state index contributed by atoms with van der Waals surface area (Å²) in [6.45, 7) is 3.60. The first-order valence-corrected chi connectivity index (χ1v) is 13.0. The number of fused-ring (bicyclic) bond motifs is 1. The van der Waals surface area contributed by atoms with Crippen LogP contribution in [-0.4, -0.2) is 34.4 Å². The van der Waals surface area contributed by atoms with Crippen molar-refractivity contribution < 1.29 is 18.7 Å². The standard InChI is InChI=1S/C29H23ClFN3O3S/c1-17(2)34(28(35)21-12-11-20(30)14-22(21)31)24-15-25(38-27(24)29(36)37-3)19-9-7-18(8-10-19)23-16-33-13-5-4-6-26(33)32-23/h4-17H,1-3H3. The molecule has 38 heavy (non-hydrogen) atoms. The topological polar surface area (TPSA) is 63.9 Å². The number of halogens is 2. The lowest BCUT2D eigenvalue weighted by molar-refractivity contribution is 0.0607. The zero-order valence-corrected chi connectivity index (χ0v) is 22.4. The second kappa shape index (κ2) is 10.4. The van der Waals surface area contributed by atoms with Crippen molar-refractivity contribution in [3.8, 4) is 21.7 Å². The molecule has 9 heteroatoms. The summed E-state index contributed by atoms with van der Waals surface area (Å²) in [4.78, 5) is 33.3. The zero-order chi connectivity index (χ0) is 27.0. The van der Waals surface area contributed by atoms with E-state index in [0.29, 0.717) is 5.69 Å². The maximum absolute atomic E-state index is 14.7. The van der Waals surface area contributed by atoms with Gasteiger partial charge in [0, 0.05) is 33.9 Å². The number of thiophene rings is 1. The second-order valence-electron chi connectivity index (χ2n) is 8.88. The lowest BCUT2D eigenvalue weighted by Crippen LogP contribution is -2.38. The summed E-state index contributed by atoms with van der Waals surface area (Å²) in [6, 6.07) is 18.9. The average Bonchev–Trinajstić information content (AvgIpc) is 3.53. The number of methoxy groups -OCH3 is 1. The summed E-state index contributed by atoms with van der Waals surface area (Å²) < 4.78 is 21.6. The van der Waals surface area contributed by atoms with Crippen LogP contribution in [0.5, 0.6) is 0 Å². The fourth-order valence-electron chi connectivity index (χ4n) is 4.24. The molecule has 2 aromatic carbocycles. The van der Waals surface area contributed by atoms with Gasteiger partial charge >= 0.3 is 5.97 Å². The molecule has 0 aliphatic carbocycles. The minimum absolute atomic E-state index is 0.136. The highest BCUT2D eigenvalue weighted by molar-refractivity contribution is 7.18. The average molecular weight is 548 g/mol. The number of esters is 1. The van der Waals surface area contributed by atoms with Gasteiger partial charge in [-0.05, 0) is 55.8 Å². The Labute approximate surface area is 227 Å². The smallest absolute Gasteiger partial charge is 0.350 e.